The molecule has 76 valence electrons. The molecule has 0 aromatic carbocycles. The highest BCUT2D eigenvalue weighted by Gasteiger charge is 2.10. The first-order valence-electron chi connectivity index (χ1n) is 5.04. The summed E-state index contributed by atoms with van der Waals surface area (Å²) < 4.78 is 11.0. The van der Waals surface area contributed by atoms with Crippen LogP contribution in [0.4, 0.5) is 0 Å². The maximum absolute atomic E-state index is 5.61. The second-order valence-electron chi connectivity index (χ2n) is 4.37. The van der Waals surface area contributed by atoms with E-state index < -0.39 is 0 Å². The first kappa shape index (κ1) is 10.6. The lowest BCUT2D eigenvalue weighted by atomic mass is 10.2. The van der Waals surface area contributed by atoms with Crippen molar-refractivity contribution in [1.82, 2.24) is 0 Å². The molecular weight excluding hydrogens is 164 g/mol. The van der Waals surface area contributed by atoms with Gasteiger partial charge in [-0.1, -0.05) is 0 Å². The van der Waals surface area contributed by atoms with E-state index in [2.05, 4.69) is 26.8 Å². The van der Waals surface area contributed by atoms with Crippen LogP contribution in [-0.4, -0.2) is 18.8 Å². The van der Waals surface area contributed by atoms with E-state index >= 15 is 0 Å². The second-order valence-corrected chi connectivity index (χ2v) is 4.37. The summed E-state index contributed by atoms with van der Waals surface area (Å²) in [5.74, 6) is 1.15. The molecule has 1 rings (SSSR count). The fourth-order valence-electron chi connectivity index (χ4n) is 1.27. The molecule has 0 unspecified atom stereocenters. The van der Waals surface area contributed by atoms with Crippen LogP contribution in [0.15, 0.2) is 11.8 Å². The van der Waals surface area contributed by atoms with E-state index in [4.69, 9.17) is 9.47 Å². The maximum atomic E-state index is 5.61. The van der Waals surface area contributed by atoms with Gasteiger partial charge in [0, 0.05) is 19.4 Å². The molecule has 1 aliphatic rings. The number of ether oxygens (including phenoxy) is 2. The highest BCUT2D eigenvalue weighted by atomic mass is 16.5. The largest absolute Gasteiger partial charge is 0.498 e. The van der Waals surface area contributed by atoms with E-state index in [9.17, 15) is 0 Å². The van der Waals surface area contributed by atoms with Gasteiger partial charge in [-0.25, -0.2) is 0 Å². The Labute approximate surface area is 80.9 Å². The molecule has 0 amide bonds. The molecule has 2 heteroatoms. The number of allylic oxidation sites excluding steroid dienone is 1. The van der Waals surface area contributed by atoms with Crippen LogP contribution < -0.4 is 0 Å². The molecule has 0 aromatic heterocycles. The van der Waals surface area contributed by atoms with Gasteiger partial charge in [0.05, 0.1) is 18.0 Å². The summed E-state index contributed by atoms with van der Waals surface area (Å²) in [6.45, 7) is 7.94. The van der Waals surface area contributed by atoms with Gasteiger partial charge in [0.1, 0.15) is 0 Å². The summed E-state index contributed by atoms with van der Waals surface area (Å²) in [7, 11) is 0. The average Bonchev–Trinajstić information content (AvgIpc) is 2.48. The van der Waals surface area contributed by atoms with E-state index in [-0.39, 0.29) is 5.60 Å². The van der Waals surface area contributed by atoms with Gasteiger partial charge in [0.2, 0.25) is 0 Å². The lowest BCUT2D eigenvalue weighted by Gasteiger charge is -2.19. The molecule has 0 aromatic rings. The third kappa shape index (κ3) is 4.94. The molecule has 0 radical (unpaired) electrons. The minimum atomic E-state index is -0.00901. The van der Waals surface area contributed by atoms with Gasteiger partial charge in [-0.2, -0.15) is 0 Å². The Morgan fingerprint density at radius 2 is 2.23 bits per heavy atom. The minimum Gasteiger partial charge on any atom is -0.498 e. The monoisotopic (exact) mass is 184 g/mol. The molecule has 0 bridgehead atoms. The first-order valence-corrected chi connectivity index (χ1v) is 5.04. The molecule has 0 atom stereocenters. The van der Waals surface area contributed by atoms with Crippen LogP contribution in [0.5, 0.6) is 0 Å². The van der Waals surface area contributed by atoms with Crippen molar-refractivity contribution in [3.63, 3.8) is 0 Å². The molecular formula is C11H20O2. The zero-order valence-corrected chi connectivity index (χ0v) is 8.93. The van der Waals surface area contributed by atoms with Crippen LogP contribution in [0.25, 0.3) is 0 Å². The lowest BCUT2D eigenvalue weighted by molar-refractivity contribution is -0.00488. The molecule has 1 heterocycles. The van der Waals surface area contributed by atoms with Crippen molar-refractivity contribution in [1.29, 1.82) is 0 Å². The average molecular weight is 184 g/mol. The quantitative estimate of drug-likeness (QED) is 0.625. The van der Waals surface area contributed by atoms with Crippen LogP contribution in [0, 0.1) is 0 Å². The molecule has 2 nitrogen and oxygen atoms in total. The molecule has 0 spiro atoms. The van der Waals surface area contributed by atoms with Crippen molar-refractivity contribution >= 4 is 0 Å². The van der Waals surface area contributed by atoms with Gasteiger partial charge in [-0.05, 0) is 33.3 Å². The highest BCUT2D eigenvalue weighted by Crippen LogP contribution is 2.15. The normalized spacial score (nSPS) is 17.0. The third-order valence-corrected chi connectivity index (χ3v) is 1.88. The van der Waals surface area contributed by atoms with Crippen LogP contribution in [0.3, 0.4) is 0 Å². The highest BCUT2D eigenvalue weighted by molar-refractivity contribution is 4.97. The summed E-state index contributed by atoms with van der Waals surface area (Å²) in [5, 5.41) is 0. The predicted octanol–water partition coefficient (Wildman–Crippen LogP) is 2.89. The van der Waals surface area contributed by atoms with Crippen molar-refractivity contribution < 1.29 is 9.47 Å². The Bertz CT molecular complexity index is 177. The Balaban J connectivity index is 2.01. The summed E-state index contributed by atoms with van der Waals surface area (Å²) in [5.41, 5.74) is -0.00901. The zero-order chi connectivity index (χ0) is 9.73. The molecule has 0 fully saturated rings. The zero-order valence-electron chi connectivity index (χ0n) is 8.93. The fourth-order valence-corrected chi connectivity index (χ4v) is 1.27. The molecule has 0 saturated heterocycles. The number of hydrogen-bond acceptors (Lipinski definition) is 2. The van der Waals surface area contributed by atoms with Crippen molar-refractivity contribution in [2.75, 3.05) is 13.2 Å². The standard InChI is InChI=1S/C11H20O2/c1-11(2,3)13-9-5-7-10-6-4-8-12-10/h6H,4-5,7-9H2,1-3H3. The van der Waals surface area contributed by atoms with E-state index in [0.29, 0.717) is 0 Å². The van der Waals surface area contributed by atoms with Crippen LogP contribution in [0.2, 0.25) is 0 Å². The summed E-state index contributed by atoms with van der Waals surface area (Å²) in [6, 6.07) is 0. The Hall–Kier alpha value is -0.500. The van der Waals surface area contributed by atoms with Crippen molar-refractivity contribution in [2.45, 2.75) is 45.6 Å². The van der Waals surface area contributed by atoms with Crippen LogP contribution >= 0.6 is 0 Å². The molecule has 0 saturated carbocycles. The van der Waals surface area contributed by atoms with E-state index in [1.807, 2.05) is 0 Å². The lowest BCUT2D eigenvalue weighted by Crippen LogP contribution is -2.19. The van der Waals surface area contributed by atoms with Gasteiger partial charge in [-0.15, -0.1) is 0 Å². The third-order valence-electron chi connectivity index (χ3n) is 1.88. The maximum Gasteiger partial charge on any atom is 0.0922 e. The van der Waals surface area contributed by atoms with Crippen LogP contribution in [-0.2, 0) is 9.47 Å². The van der Waals surface area contributed by atoms with E-state index in [0.717, 1.165) is 38.2 Å². The molecule has 0 N–H and O–H groups in total. The summed E-state index contributed by atoms with van der Waals surface area (Å²) >= 11 is 0. The first-order chi connectivity index (χ1) is 6.08. The summed E-state index contributed by atoms with van der Waals surface area (Å²) in [4.78, 5) is 0. The van der Waals surface area contributed by atoms with Gasteiger partial charge < -0.3 is 9.47 Å². The fraction of sp³-hybridized carbons (Fsp3) is 0.818. The molecule has 1 aliphatic heterocycles. The van der Waals surface area contributed by atoms with Crippen molar-refractivity contribution in [3.05, 3.63) is 11.8 Å². The van der Waals surface area contributed by atoms with Gasteiger partial charge in [-0.3, -0.25) is 0 Å². The van der Waals surface area contributed by atoms with E-state index in [1.165, 1.54) is 0 Å². The Morgan fingerprint density at radius 1 is 1.46 bits per heavy atom. The van der Waals surface area contributed by atoms with Gasteiger partial charge in [0.25, 0.3) is 0 Å². The second kappa shape index (κ2) is 4.66. The Morgan fingerprint density at radius 3 is 2.77 bits per heavy atom. The van der Waals surface area contributed by atoms with Gasteiger partial charge >= 0.3 is 0 Å². The molecule has 13 heavy (non-hydrogen) atoms. The van der Waals surface area contributed by atoms with Crippen molar-refractivity contribution in [3.8, 4) is 0 Å². The minimum absolute atomic E-state index is 0.00901. The predicted molar refractivity (Wildman–Crippen MR) is 53.6 cm³/mol. The summed E-state index contributed by atoms with van der Waals surface area (Å²) in [6.07, 6.45) is 5.34. The smallest absolute Gasteiger partial charge is 0.0922 e. The van der Waals surface area contributed by atoms with Gasteiger partial charge in [0.15, 0.2) is 0 Å². The SMILES string of the molecule is CC(C)(C)OCCCC1=CCCO1. The molecule has 0 aliphatic carbocycles. The number of rotatable bonds is 4. The number of hydrogen-bond donors (Lipinski definition) is 0. The Kier molecular flexibility index (Phi) is 3.79. The van der Waals surface area contributed by atoms with E-state index in [1.54, 1.807) is 0 Å². The van der Waals surface area contributed by atoms with Crippen molar-refractivity contribution in [2.24, 2.45) is 0 Å². The van der Waals surface area contributed by atoms with Crippen LogP contribution in [0.1, 0.15) is 40.0 Å². The topological polar surface area (TPSA) is 18.5 Å².